The Kier molecular flexibility index (Phi) is 5.62. The average Bonchev–Trinajstić information content (AvgIpc) is 2.55. The van der Waals surface area contributed by atoms with E-state index in [1.165, 1.54) is 36.4 Å². The summed E-state index contributed by atoms with van der Waals surface area (Å²) in [5.74, 6) is -1.26. The van der Waals surface area contributed by atoms with E-state index in [9.17, 15) is 17.6 Å². The van der Waals surface area contributed by atoms with Crippen LogP contribution in [0.2, 0.25) is 5.02 Å². The van der Waals surface area contributed by atoms with E-state index in [-0.39, 0.29) is 16.4 Å². The molecule has 1 N–H and O–H groups in total. The van der Waals surface area contributed by atoms with Crippen molar-refractivity contribution >= 4 is 38.9 Å². The second-order valence-electron chi connectivity index (χ2n) is 5.11. The Bertz CT molecular complexity index is 940. The summed E-state index contributed by atoms with van der Waals surface area (Å²) < 4.78 is 38.0. The zero-order valence-electron chi connectivity index (χ0n) is 13.0. The average molecular weight is 382 g/mol. The van der Waals surface area contributed by atoms with Gasteiger partial charge in [-0.2, -0.15) is 5.26 Å². The molecule has 6 nitrogen and oxygen atoms in total. The fourth-order valence-corrected chi connectivity index (χ4v) is 3.04. The van der Waals surface area contributed by atoms with E-state index in [1.807, 2.05) is 6.07 Å². The molecule has 0 aromatic heterocycles. The van der Waals surface area contributed by atoms with E-state index >= 15 is 0 Å². The van der Waals surface area contributed by atoms with Crippen molar-refractivity contribution in [2.24, 2.45) is 0 Å². The van der Waals surface area contributed by atoms with Gasteiger partial charge in [0.25, 0.3) is 0 Å². The van der Waals surface area contributed by atoms with Crippen LogP contribution in [0.5, 0.6) is 0 Å². The number of halogens is 2. The summed E-state index contributed by atoms with van der Waals surface area (Å²) in [7, 11) is -3.74. The van der Waals surface area contributed by atoms with Crippen LogP contribution in [0.4, 0.5) is 15.8 Å². The van der Waals surface area contributed by atoms with Crippen LogP contribution in [-0.4, -0.2) is 27.1 Å². The number of hydrogen-bond acceptors (Lipinski definition) is 4. The molecule has 0 saturated heterocycles. The van der Waals surface area contributed by atoms with Crippen LogP contribution in [-0.2, 0) is 14.8 Å². The first-order valence-corrected chi connectivity index (χ1v) is 9.16. The van der Waals surface area contributed by atoms with E-state index in [4.69, 9.17) is 16.9 Å². The third kappa shape index (κ3) is 4.92. The van der Waals surface area contributed by atoms with Crippen LogP contribution in [0.15, 0.2) is 42.5 Å². The molecule has 9 heteroatoms. The second kappa shape index (κ2) is 7.51. The molecule has 2 aromatic rings. The van der Waals surface area contributed by atoms with Crippen molar-refractivity contribution in [1.82, 2.24) is 0 Å². The molecule has 0 saturated carbocycles. The van der Waals surface area contributed by atoms with Crippen molar-refractivity contribution < 1.29 is 17.6 Å². The molecule has 25 heavy (non-hydrogen) atoms. The molecule has 0 aliphatic rings. The smallest absolute Gasteiger partial charge is 0.245 e. The first-order chi connectivity index (χ1) is 11.7. The predicted octanol–water partition coefficient (Wildman–Crippen LogP) is 2.76. The summed E-state index contributed by atoms with van der Waals surface area (Å²) in [6.07, 6.45) is 0.966. The van der Waals surface area contributed by atoms with E-state index in [2.05, 4.69) is 5.32 Å². The van der Waals surface area contributed by atoms with Crippen LogP contribution in [0, 0.1) is 17.1 Å². The maximum Gasteiger partial charge on any atom is 0.245 e. The highest BCUT2D eigenvalue weighted by atomic mass is 35.5. The van der Waals surface area contributed by atoms with E-state index in [1.54, 1.807) is 0 Å². The first-order valence-electron chi connectivity index (χ1n) is 6.93. The van der Waals surface area contributed by atoms with E-state index in [0.717, 1.165) is 16.6 Å². The summed E-state index contributed by atoms with van der Waals surface area (Å²) in [5.41, 5.74) is 0.848. The summed E-state index contributed by atoms with van der Waals surface area (Å²) in [6.45, 7) is -0.486. The summed E-state index contributed by atoms with van der Waals surface area (Å²) in [4.78, 5) is 12.2. The maximum absolute atomic E-state index is 13.1. The lowest BCUT2D eigenvalue weighted by atomic mass is 10.2. The number of hydrogen-bond donors (Lipinski definition) is 1. The SMILES string of the molecule is CS(=O)(=O)N(CC(=O)Nc1ccc(F)c(Cl)c1)c1ccc(C#N)cc1. The van der Waals surface area contributed by atoms with E-state index < -0.39 is 28.3 Å². The molecule has 130 valence electrons. The van der Waals surface area contributed by atoms with Gasteiger partial charge in [0.05, 0.1) is 28.6 Å². The Balaban J connectivity index is 2.20. The second-order valence-corrected chi connectivity index (χ2v) is 7.42. The number of amides is 1. The largest absolute Gasteiger partial charge is 0.324 e. The van der Waals surface area contributed by atoms with Crippen molar-refractivity contribution in [3.8, 4) is 6.07 Å². The van der Waals surface area contributed by atoms with Crippen molar-refractivity contribution in [2.75, 3.05) is 22.4 Å². The Morgan fingerprint density at radius 2 is 1.92 bits per heavy atom. The maximum atomic E-state index is 13.1. The monoisotopic (exact) mass is 381 g/mol. The van der Waals surface area contributed by atoms with Gasteiger partial charge < -0.3 is 5.32 Å². The molecular weight excluding hydrogens is 369 g/mol. The van der Waals surface area contributed by atoms with Crippen LogP contribution >= 0.6 is 11.6 Å². The number of carbonyl (C=O) groups is 1. The molecule has 2 aromatic carbocycles. The Hall–Kier alpha value is -2.63. The molecule has 1 amide bonds. The van der Waals surface area contributed by atoms with Gasteiger partial charge in [-0.3, -0.25) is 9.10 Å². The fourth-order valence-electron chi connectivity index (χ4n) is 2.01. The van der Waals surface area contributed by atoms with Crippen LogP contribution in [0.1, 0.15) is 5.56 Å². The van der Waals surface area contributed by atoms with Gasteiger partial charge in [0.15, 0.2) is 0 Å². The zero-order valence-corrected chi connectivity index (χ0v) is 14.6. The minimum atomic E-state index is -3.74. The minimum absolute atomic E-state index is 0.162. The Labute approximate surface area is 149 Å². The molecule has 0 aliphatic heterocycles. The van der Waals surface area contributed by atoms with Gasteiger partial charge in [0.2, 0.25) is 15.9 Å². The number of nitrogens with zero attached hydrogens (tertiary/aromatic N) is 2. The lowest BCUT2D eigenvalue weighted by Gasteiger charge is -2.22. The van der Waals surface area contributed by atoms with Gasteiger partial charge in [-0.15, -0.1) is 0 Å². The number of rotatable bonds is 5. The van der Waals surface area contributed by atoms with Gasteiger partial charge >= 0.3 is 0 Å². The highest BCUT2D eigenvalue weighted by Gasteiger charge is 2.21. The van der Waals surface area contributed by atoms with E-state index in [0.29, 0.717) is 5.56 Å². The molecule has 2 rings (SSSR count). The molecule has 0 radical (unpaired) electrons. The molecule has 0 atom stereocenters. The zero-order chi connectivity index (χ0) is 18.6. The third-order valence-electron chi connectivity index (χ3n) is 3.18. The van der Waals surface area contributed by atoms with Gasteiger partial charge in [0, 0.05) is 5.69 Å². The van der Waals surface area contributed by atoms with Gasteiger partial charge in [0.1, 0.15) is 12.4 Å². The Morgan fingerprint density at radius 3 is 2.44 bits per heavy atom. The molecule has 0 aliphatic carbocycles. The van der Waals surface area contributed by atoms with Gasteiger partial charge in [-0.05, 0) is 42.5 Å². The molecule has 0 heterocycles. The van der Waals surface area contributed by atoms with Crippen molar-refractivity contribution in [2.45, 2.75) is 0 Å². The Morgan fingerprint density at radius 1 is 1.28 bits per heavy atom. The molecule has 0 bridgehead atoms. The number of carbonyl (C=O) groups excluding carboxylic acids is 1. The standard InChI is InChI=1S/C16H13ClFN3O3S/c1-25(23,24)21(13-5-2-11(9-19)3-6-13)10-16(22)20-12-4-7-15(18)14(17)8-12/h2-8H,10H2,1H3,(H,20,22). The van der Waals surface area contributed by atoms with Crippen molar-refractivity contribution in [1.29, 1.82) is 5.26 Å². The third-order valence-corrected chi connectivity index (χ3v) is 4.61. The number of anilines is 2. The quantitative estimate of drug-likeness (QED) is 0.862. The van der Waals surface area contributed by atoms with Crippen molar-refractivity contribution in [3.63, 3.8) is 0 Å². The molecule has 0 spiro atoms. The lowest BCUT2D eigenvalue weighted by molar-refractivity contribution is -0.114. The number of nitrogens with one attached hydrogen (secondary N) is 1. The first kappa shape index (κ1) is 18.7. The molecule has 0 fully saturated rings. The number of nitriles is 1. The van der Waals surface area contributed by atoms with Crippen LogP contribution < -0.4 is 9.62 Å². The van der Waals surface area contributed by atoms with Gasteiger partial charge in [-0.1, -0.05) is 11.6 Å². The van der Waals surface area contributed by atoms with Crippen LogP contribution in [0.25, 0.3) is 0 Å². The highest BCUT2D eigenvalue weighted by Crippen LogP contribution is 2.21. The summed E-state index contributed by atoms with van der Waals surface area (Å²) >= 11 is 5.64. The summed E-state index contributed by atoms with van der Waals surface area (Å²) in [6, 6.07) is 11.3. The topological polar surface area (TPSA) is 90.3 Å². The number of benzene rings is 2. The number of sulfonamides is 1. The molecular formula is C16H13ClFN3O3S. The highest BCUT2D eigenvalue weighted by molar-refractivity contribution is 7.92. The van der Waals surface area contributed by atoms with Crippen molar-refractivity contribution in [3.05, 3.63) is 58.9 Å². The minimum Gasteiger partial charge on any atom is -0.324 e. The van der Waals surface area contributed by atoms with Gasteiger partial charge in [-0.25, -0.2) is 12.8 Å². The molecule has 0 unspecified atom stereocenters. The van der Waals surface area contributed by atoms with Crippen LogP contribution in [0.3, 0.4) is 0 Å². The lowest BCUT2D eigenvalue weighted by Crippen LogP contribution is -2.37. The fraction of sp³-hybridized carbons (Fsp3) is 0.125. The normalized spacial score (nSPS) is 10.8. The predicted molar refractivity (Wildman–Crippen MR) is 93.4 cm³/mol. The summed E-state index contributed by atoms with van der Waals surface area (Å²) in [5, 5.41) is 11.1.